The molecule has 0 aliphatic carbocycles. The molecule has 0 radical (unpaired) electrons. The van der Waals surface area contributed by atoms with Crippen LogP contribution in [0.5, 0.6) is 0 Å². The van der Waals surface area contributed by atoms with Crippen molar-refractivity contribution in [2.75, 3.05) is 6.54 Å². The van der Waals surface area contributed by atoms with Gasteiger partial charge in [-0.05, 0) is 25.8 Å². The molecule has 0 aromatic rings. The van der Waals surface area contributed by atoms with Crippen molar-refractivity contribution in [1.82, 2.24) is 0 Å². The molecule has 0 amide bonds. The molecule has 3 heteroatoms. The molecule has 0 aromatic carbocycles. The van der Waals surface area contributed by atoms with E-state index in [4.69, 9.17) is 23.2 Å². The van der Waals surface area contributed by atoms with Crippen LogP contribution in [0.3, 0.4) is 0 Å². The fourth-order valence-electron chi connectivity index (χ4n) is 1.44. The van der Waals surface area contributed by atoms with Gasteiger partial charge in [0.25, 0.3) is 0 Å². The van der Waals surface area contributed by atoms with Gasteiger partial charge in [-0.15, -0.1) is 24.8 Å². The normalized spacial score (nSPS) is 15.1. The van der Waals surface area contributed by atoms with Crippen LogP contribution >= 0.6 is 23.2 Å². The van der Waals surface area contributed by atoms with Gasteiger partial charge in [0.1, 0.15) is 5.17 Å². The summed E-state index contributed by atoms with van der Waals surface area (Å²) in [5.41, 5.74) is 2.67. The van der Waals surface area contributed by atoms with E-state index in [1.54, 1.807) is 6.08 Å². The Morgan fingerprint density at radius 3 is 2.32 bits per heavy atom. The molecule has 104 valence electrons. The fourth-order valence-corrected chi connectivity index (χ4v) is 1.80. The van der Waals surface area contributed by atoms with Gasteiger partial charge in [-0.3, -0.25) is 4.99 Å². The van der Waals surface area contributed by atoms with Crippen LogP contribution in [0.2, 0.25) is 0 Å². The van der Waals surface area contributed by atoms with E-state index in [-0.39, 0.29) is 5.38 Å². The predicted octanol–water partition coefficient (Wildman–Crippen LogP) is 5.44. The maximum absolute atomic E-state index is 6.25. The van der Waals surface area contributed by atoms with Gasteiger partial charge in [0.05, 0.1) is 6.54 Å². The minimum atomic E-state index is -0.144. The lowest BCUT2D eigenvalue weighted by Crippen LogP contribution is -2.04. The summed E-state index contributed by atoms with van der Waals surface area (Å²) in [4.78, 5) is 4.24. The molecule has 0 N–H and O–H groups in total. The molecule has 0 aliphatic rings. The Morgan fingerprint density at radius 1 is 1.26 bits per heavy atom. The van der Waals surface area contributed by atoms with Gasteiger partial charge in [-0.2, -0.15) is 0 Å². The largest absolute Gasteiger partial charge is 0.268 e. The quantitative estimate of drug-likeness (QED) is 0.245. The van der Waals surface area contributed by atoms with Gasteiger partial charge in [0.2, 0.25) is 0 Å². The monoisotopic (exact) mass is 297 g/mol. The van der Waals surface area contributed by atoms with Gasteiger partial charge >= 0.3 is 0 Å². The molecule has 0 aliphatic heterocycles. The molecular formula is C16H21Cl2N. The Hall–Kier alpha value is -1.05. The molecule has 0 bridgehead atoms. The average Bonchev–Trinajstić information content (AvgIpc) is 2.34. The van der Waals surface area contributed by atoms with Crippen LogP contribution in [-0.2, 0) is 0 Å². The SMILES string of the molecule is C=CC/C=C(C(=C)C)\C(=C/C(C)Cl)C(Cl)=NCC=C. The van der Waals surface area contributed by atoms with Gasteiger partial charge < -0.3 is 0 Å². The Bertz CT molecular complexity index is 426. The van der Waals surface area contributed by atoms with E-state index in [2.05, 4.69) is 24.7 Å². The summed E-state index contributed by atoms with van der Waals surface area (Å²) < 4.78 is 0. The Labute approximate surface area is 126 Å². The molecule has 0 saturated carbocycles. The zero-order valence-corrected chi connectivity index (χ0v) is 13.1. The Kier molecular flexibility index (Phi) is 9.28. The summed E-state index contributed by atoms with van der Waals surface area (Å²) in [7, 11) is 0. The lowest BCUT2D eigenvalue weighted by atomic mass is 9.98. The summed E-state index contributed by atoms with van der Waals surface area (Å²) in [5.74, 6) is 0. The fraction of sp³-hybridized carbons (Fsp3) is 0.312. The third kappa shape index (κ3) is 7.19. The van der Waals surface area contributed by atoms with Crippen molar-refractivity contribution in [2.24, 2.45) is 4.99 Å². The smallest absolute Gasteiger partial charge is 0.131 e. The van der Waals surface area contributed by atoms with Crippen molar-refractivity contribution in [3.8, 4) is 0 Å². The third-order valence-electron chi connectivity index (χ3n) is 2.22. The molecule has 0 fully saturated rings. The highest BCUT2D eigenvalue weighted by atomic mass is 35.5. The number of alkyl halides is 1. The highest BCUT2D eigenvalue weighted by Crippen LogP contribution is 2.23. The minimum Gasteiger partial charge on any atom is -0.268 e. The van der Waals surface area contributed by atoms with E-state index in [9.17, 15) is 0 Å². The number of hydrogen-bond donors (Lipinski definition) is 0. The average molecular weight is 298 g/mol. The lowest BCUT2D eigenvalue weighted by Gasteiger charge is -2.12. The number of allylic oxidation sites excluding steroid dienone is 6. The second-order valence-corrected chi connectivity index (χ2v) is 5.15. The molecule has 1 atom stereocenters. The number of nitrogens with zero attached hydrogens (tertiary/aromatic N) is 1. The van der Waals surface area contributed by atoms with Crippen molar-refractivity contribution >= 4 is 28.4 Å². The molecule has 1 unspecified atom stereocenters. The maximum atomic E-state index is 6.25. The molecular weight excluding hydrogens is 277 g/mol. The van der Waals surface area contributed by atoms with E-state index in [1.807, 2.05) is 32.1 Å². The van der Waals surface area contributed by atoms with E-state index >= 15 is 0 Å². The van der Waals surface area contributed by atoms with Crippen molar-refractivity contribution < 1.29 is 0 Å². The molecule has 0 heterocycles. The van der Waals surface area contributed by atoms with Crippen LogP contribution in [-0.4, -0.2) is 17.1 Å². The van der Waals surface area contributed by atoms with Crippen LogP contribution in [0.25, 0.3) is 0 Å². The highest BCUT2D eigenvalue weighted by Gasteiger charge is 2.12. The second kappa shape index (κ2) is 9.82. The molecule has 19 heavy (non-hydrogen) atoms. The van der Waals surface area contributed by atoms with Crippen molar-refractivity contribution in [2.45, 2.75) is 25.6 Å². The number of hydrogen-bond acceptors (Lipinski definition) is 1. The summed E-state index contributed by atoms with van der Waals surface area (Å²) in [6, 6.07) is 0. The highest BCUT2D eigenvalue weighted by molar-refractivity contribution is 6.70. The number of rotatable bonds is 8. The first-order valence-corrected chi connectivity index (χ1v) is 6.89. The maximum Gasteiger partial charge on any atom is 0.131 e. The zero-order valence-electron chi connectivity index (χ0n) is 11.6. The lowest BCUT2D eigenvalue weighted by molar-refractivity contribution is 1.19. The Balaban J connectivity index is 5.62. The van der Waals surface area contributed by atoms with Crippen molar-refractivity contribution in [3.05, 3.63) is 60.8 Å². The molecule has 0 rings (SSSR count). The standard InChI is InChI=1S/C16H21Cl2N/c1-6-8-9-14(12(3)4)15(11-13(5)17)16(18)19-10-7-2/h6-7,9,11,13H,1-3,8,10H2,4-5H3/b14-9-,15-11+,19-16?. The second-order valence-electron chi connectivity index (χ2n) is 4.10. The molecule has 0 spiro atoms. The van der Waals surface area contributed by atoms with Crippen molar-refractivity contribution in [3.63, 3.8) is 0 Å². The van der Waals surface area contributed by atoms with Crippen LogP contribution in [0, 0.1) is 0 Å². The molecule has 0 aromatic heterocycles. The first-order chi connectivity index (χ1) is 8.93. The predicted molar refractivity (Wildman–Crippen MR) is 89.5 cm³/mol. The first-order valence-electron chi connectivity index (χ1n) is 6.08. The van der Waals surface area contributed by atoms with Crippen molar-refractivity contribution in [1.29, 1.82) is 0 Å². The Morgan fingerprint density at radius 2 is 1.89 bits per heavy atom. The third-order valence-corrected chi connectivity index (χ3v) is 2.67. The van der Waals surface area contributed by atoms with Crippen LogP contribution in [0.4, 0.5) is 0 Å². The molecule has 0 saturated heterocycles. The minimum absolute atomic E-state index is 0.144. The van der Waals surface area contributed by atoms with Crippen LogP contribution in [0.15, 0.2) is 65.8 Å². The van der Waals surface area contributed by atoms with E-state index in [0.29, 0.717) is 11.7 Å². The topological polar surface area (TPSA) is 12.4 Å². The van der Waals surface area contributed by atoms with Gasteiger partial charge in [-0.25, -0.2) is 0 Å². The van der Waals surface area contributed by atoms with Gasteiger partial charge in [0, 0.05) is 11.0 Å². The first kappa shape index (κ1) is 17.9. The number of aliphatic imine (C=N–C) groups is 1. The summed E-state index contributed by atoms with van der Waals surface area (Å²) >= 11 is 12.3. The van der Waals surface area contributed by atoms with E-state index < -0.39 is 0 Å². The van der Waals surface area contributed by atoms with E-state index in [0.717, 1.165) is 23.1 Å². The molecule has 1 nitrogen and oxygen atoms in total. The number of halogens is 2. The van der Waals surface area contributed by atoms with Gasteiger partial charge in [0.15, 0.2) is 0 Å². The summed E-state index contributed by atoms with van der Waals surface area (Å²) in [5, 5.41) is 0.278. The van der Waals surface area contributed by atoms with Crippen LogP contribution < -0.4 is 0 Å². The van der Waals surface area contributed by atoms with E-state index in [1.165, 1.54) is 0 Å². The van der Waals surface area contributed by atoms with Crippen LogP contribution in [0.1, 0.15) is 20.3 Å². The summed E-state index contributed by atoms with van der Waals surface area (Å²) in [6.45, 7) is 15.6. The van der Waals surface area contributed by atoms with Gasteiger partial charge in [-0.1, -0.05) is 48.1 Å². The summed E-state index contributed by atoms with van der Waals surface area (Å²) in [6.07, 6.45) is 8.14. The zero-order chi connectivity index (χ0) is 14.8.